The van der Waals surface area contributed by atoms with Crippen molar-refractivity contribution in [1.29, 1.82) is 0 Å². The molecular formula is C12H18ClN3O. The van der Waals surface area contributed by atoms with Gasteiger partial charge in [-0.15, -0.1) is 0 Å². The van der Waals surface area contributed by atoms with Gasteiger partial charge in [0.2, 0.25) is 0 Å². The standard InChI is InChI=1S/C12H18ClN3O/c1-7-11(13)14-9(3)15-12(7)16-5-4-10(6-16)8(2)17/h8,10,17H,4-6H2,1-3H3. The number of hydrogen-bond donors (Lipinski definition) is 1. The van der Waals surface area contributed by atoms with Gasteiger partial charge in [-0.1, -0.05) is 11.6 Å². The van der Waals surface area contributed by atoms with Gasteiger partial charge < -0.3 is 10.0 Å². The van der Waals surface area contributed by atoms with Gasteiger partial charge >= 0.3 is 0 Å². The number of aromatic nitrogens is 2. The van der Waals surface area contributed by atoms with E-state index in [9.17, 15) is 5.11 Å². The topological polar surface area (TPSA) is 49.2 Å². The van der Waals surface area contributed by atoms with Crippen LogP contribution in [0.1, 0.15) is 24.7 Å². The van der Waals surface area contributed by atoms with Crippen LogP contribution in [-0.2, 0) is 0 Å². The van der Waals surface area contributed by atoms with Crippen molar-refractivity contribution in [2.75, 3.05) is 18.0 Å². The van der Waals surface area contributed by atoms with Crippen molar-refractivity contribution in [2.45, 2.75) is 33.3 Å². The number of nitrogens with zero attached hydrogens (tertiary/aromatic N) is 3. The summed E-state index contributed by atoms with van der Waals surface area (Å²) < 4.78 is 0. The minimum atomic E-state index is -0.265. The second-order valence-corrected chi connectivity index (χ2v) is 5.10. The van der Waals surface area contributed by atoms with E-state index in [1.807, 2.05) is 20.8 Å². The summed E-state index contributed by atoms with van der Waals surface area (Å²) in [6, 6.07) is 0. The lowest BCUT2D eigenvalue weighted by Gasteiger charge is -2.21. The van der Waals surface area contributed by atoms with Crippen molar-refractivity contribution in [3.8, 4) is 0 Å². The van der Waals surface area contributed by atoms with E-state index in [1.54, 1.807) is 0 Å². The quantitative estimate of drug-likeness (QED) is 0.821. The lowest BCUT2D eigenvalue weighted by atomic mass is 10.0. The SMILES string of the molecule is Cc1nc(Cl)c(C)c(N2CCC(C(C)O)C2)n1. The van der Waals surface area contributed by atoms with Gasteiger partial charge in [0.05, 0.1) is 6.10 Å². The third-order valence-electron chi connectivity index (χ3n) is 3.38. The van der Waals surface area contributed by atoms with Crippen molar-refractivity contribution in [1.82, 2.24) is 9.97 Å². The minimum Gasteiger partial charge on any atom is -0.393 e. The van der Waals surface area contributed by atoms with E-state index in [0.29, 0.717) is 16.9 Å². The molecule has 5 heteroatoms. The van der Waals surface area contributed by atoms with Gasteiger partial charge in [-0.3, -0.25) is 0 Å². The van der Waals surface area contributed by atoms with E-state index in [1.165, 1.54) is 0 Å². The Morgan fingerprint density at radius 3 is 2.71 bits per heavy atom. The van der Waals surface area contributed by atoms with Gasteiger partial charge in [0.15, 0.2) is 0 Å². The van der Waals surface area contributed by atoms with Crippen molar-refractivity contribution >= 4 is 17.4 Å². The Morgan fingerprint density at radius 1 is 1.41 bits per heavy atom. The molecule has 0 spiro atoms. The highest BCUT2D eigenvalue weighted by atomic mass is 35.5. The Balaban J connectivity index is 2.24. The summed E-state index contributed by atoms with van der Waals surface area (Å²) in [6.45, 7) is 7.39. The molecule has 0 saturated carbocycles. The van der Waals surface area contributed by atoms with Crippen LogP contribution in [-0.4, -0.2) is 34.3 Å². The fraction of sp³-hybridized carbons (Fsp3) is 0.667. The minimum absolute atomic E-state index is 0.265. The van der Waals surface area contributed by atoms with Gasteiger partial charge in [-0.05, 0) is 27.2 Å². The Kier molecular flexibility index (Phi) is 3.54. The van der Waals surface area contributed by atoms with Crippen LogP contribution in [0.2, 0.25) is 5.15 Å². The molecule has 0 amide bonds. The maximum absolute atomic E-state index is 9.61. The Bertz CT molecular complexity index is 422. The molecule has 1 N–H and O–H groups in total. The van der Waals surface area contributed by atoms with E-state index in [0.717, 1.165) is 30.9 Å². The molecule has 2 atom stereocenters. The van der Waals surface area contributed by atoms with Crippen LogP contribution < -0.4 is 4.90 Å². The summed E-state index contributed by atoms with van der Waals surface area (Å²) >= 11 is 6.07. The molecular weight excluding hydrogens is 238 g/mol. The smallest absolute Gasteiger partial charge is 0.137 e. The molecule has 94 valence electrons. The first-order chi connectivity index (χ1) is 7.99. The van der Waals surface area contributed by atoms with Crippen LogP contribution in [0.25, 0.3) is 0 Å². The highest BCUT2D eigenvalue weighted by Gasteiger charge is 2.28. The third kappa shape index (κ3) is 2.53. The molecule has 1 fully saturated rings. The summed E-state index contributed by atoms with van der Waals surface area (Å²) in [5.74, 6) is 1.92. The first kappa shape index (κ1) is 12.6. The fourth-order valence-electron chi connectivity index (χ4n) is 2.26. The summed E-state index contributed by atoms with van der Waals surface area (Å²) in [7, 11) is 0. The van der Waals surface area contributed by atoms with E-state index in [2.05, 4.69) is 14.9 Å². The maximum Gasteiger partial charge on any atom is 0.137 e. The predicted octanol–water partition coefficient (Wildman–Crippen LogP) is 1.95. The van der Waals surface area contributed by atoms with Crippen molar-refractivity contribution in [2.24, 2.45) is 5.92 Å². The molecule has 4 nitrogen and oxygen atoms in total. The van der Waals surface area contributed by atoms with E-state index < -0.39 is 0 Å². The first-order valence-corrected chi connectivity index (χ1v) is 6.30. The molecule has 0 radical (unpaired) electrons. The molecule has 1 aliphatic rings. The number of hydrogen-bond acceptors (Lipinski definition) is 4. The predicted molar refractivity (Wildman–Crippen MR) is 68.5 cm³/mol. The number of halogens is 1. The molecule has 1 aliphatic heterocycles. The van der Waals surface area contributed by atoms with Crippen molar-refractivity contribution < 1.29 is 5.11 Å². The third-order valence-corrected chi connectivity index (χ3v) is 3.75. The number of rotatable bonds is 2. The Labute approximate surface area is 107 Å². The highest BCUT2D eigenvalue weighted by Crippen LogP contribution is 2.29. The van der Waals surface area contributed by atoms with Crippen LogP contribution in [0.4, 0.5) is 5.82 Å². The van der Waals surface area contributed by atoms with E-state index in [4.69, 9.17) is 11.6 Å². The van der Waals surface area contributed by atoms with E-state index in [-0.39, 0.29) is 6.10 Å². The van der Waals surface area contributed by atoms with Crippen LogP contribution in [0.5, 0.6) is 0 Å². The molecule has 2 rings (SSSR count). The van der Waals surface area contributed by atoms with Gasteiger partial charge in [-0.25, -0.2) is 9.97 Å². The van der Waals surface area contributed by atoms with Gasteiger partial charge in [0, 0.05) is 24.6 Å². The molecule has 2 heterocycles. The van der Waals surface area contributed by atoms with Crippen LogP contribution in [0, 0.1) is 19.8 Å². The molecule has 2 unspecified atom stereocenters. The Hall–Kier alpha value is -0.870. The molecule has 17 heavy (non-hydrogen) atoms. The zero-order valence-corrected chi connectivity index (χ0v) is 11.2. The molecule has 1 aromatic rings. The van der Waals surface area contributed by atoms with Crippen LogP contribution >= 0.6 is 11.6 Å². The summed E-state index contributed by atoms with van der Waals surface area (Å²) in [6.07, 6.45) is 0.733. The van der Waals surface area contributed by atoms with Gasteiger partial charge in [-0.2, -0.15) is 0 Å². The number of aliphatic hydroxyl groups excluding tert-OH is 1. The monoisotopic (exact) mass is 255 g/mol. The zero-order chi connectivity index (χ0) is 12.6. The van der Waals surface area contributed by atoms with Gasteiger partial charge in [0.25, 0.3) is 0 Å². The van der Waals surface area contributed by atoms with Crippen molar-refractivity contribution in [3.05, 3.63) is 16.5 Å². The molecule has 1 saturated heterocycles. The largest absolute Gasteiger partial charge is 0.393 e. The molecule has 0 bridgehead atoms. The second-order valence-electron chi connectivity index (χ2n) is 4.75. The van der Waals surface area contributed by atoms with Crippen LogP contribution in [0.15, 0.2) is 0 Å². The highest BCUT2D eigenvalue weighted by molar-refractivity contribution is 6.30. The lowest BCUT2D eigenvalue weighted by Crippen LogP contribution is -2.25. The van der Waals surface area contributed by atoms with Crippen LogP contribution in [0.3, 0.4) is 0 Å². The molecule has 0 aliphatic carbocycles. The summed E-state index contributed by atoms with van der Waals surface area (Å²) in [5, 5.41) is 10.1. The molecule has 1 aromatic heterocycles. The number of aliphatic hydroxyl groups is 1. The first-order valence-electron chi connectivity index (χ1n) is 5.92. The number of aryl methyl sites for hydroxylation is 1. The Morgan fingerprint density at radius 2 is 2.12 bits per heavy atom. The average molecular weight is 256 g/mol. The van der Waals surface area contributed by atoms with E-state index >= 15 is 0 Å². The second kappa shape index (κ2) is 4.78. The number of anilines is 1. The average Bonchev–Trinajstić information content (AvgIpc) is 2.72. The normalized spacial score (nSPS) is 21.9. The molecule has 0 aromatic carbocycles. The van der Waals surface area contributed by atoms with Crippen molar-refractivity contribution in [3.63, 3.8) is 0 Å². The maximum atomic E-state index is 9.61. The van der Waals surface area contributed by atoms with Gasteiger partial charge in [0.1, 0.15) is 16.8 Å². The zero-order valence-electron chi connectivity index (χ0n) is 10.4. The lowest BCUT2D eigenvalue weighted by molar-refractivity contribution is 0.136. The summed E-state index contributed by atoms with van der Waals surface area (Å²) in [4.78, 5) is 10.8. The fourth-order valence-corrected chi connectivity index (χ4v) is 2.47. The summed E-state index contributed by atoms with van der Waals surface area (Å²) in [5.41, 5.74) is 0.920.